The Balaban J connectivity index is 1.89. The van der Waals surface area contributed by atoms with Crippen LogP contribution in [0.25, 0.3) is 0 Å². The average molecular weight is 238 g/mol. The quantitative estimate of drug-likeness (QED) is 0.796. The molecule has 1 heterocycles. The summed E-state index contributed by atoms with van der Waals surface area (Å²) in [5.74, 6) is 1.15. The number of rotatable bonds is 5. The minimum absolute atomic E-state index is 0.0756. The third-order valence-electron chi connectivity index (χ3n) is 3.95. The van der Waals surface area contributed by atoms with E-state index in [1.54, 1.807) is 0 Å². The van der Waals surface area contributed by atoms with Gasteiger partial charge < -0.3 is 10.2 Å². The van der Waals surface area contributed by atoms with Crippen molar-refractivity contribution in [2.75, 3.05) is 6.54 Å². The zero-order chi connectivity index (χ0) is 12.4. The minimum Gasteiger partial charge on any atom is -0.338 e. The van der Waals surface area contributed by atoms with Gasteiger partial charge in [-0.15, -0.1) is 0 Å². The Hall–Kier alpha value is -0.570. The van der Waals surface area contributed by atoms with Crippen LogP contribution in [0, 0.1) is 5.92 Å². The summed E-state index contributed by atoms with van der Waals surface area (Å²) in [7, 11) is 0. The fraction of sp³-hybridized carbons (Fsp3) is 0.929. The highest BCUT2D eigenvalue weighted by molar-refractivity contribution is 5.83. The smallest absolute Gasteiger partial charge is 0.239 e. The van der Waals surface area contributed by atoms with Crippen LogP contribution in [0.3, 0.4) is 0 Å². The highest BCUT2D eigenvalue weighted by Gasteiger charge is 2.45. The molecule has 0 radical (unpaired) electrons. The number of nitrogens with one attached hydrogen (secondary N) is 1. The zero-order valence-corrected chi connectivity index (χ0v) is 11.4. The van der Waals surface area contributed by atoms with E-state index in [2.05, 4.69) is 31.0 Å². The zero-order valence-electron chi connectivity index (χ0n) is 11.4. The van der Waals surface area contributed by atoms with Crippen molar-refractivity contribution in [2.24, 2.45) is 5.92 Å². The number of amides is 1. The first-order chi connectivity index (χ1) is 8.13. The van der Waals surface area contributed by atoms with E-state index in [9.17, 15) is 4.79 Å². The maximum atomic E-state index is 12.4. The van der Waals surface area contributed by atoms with Crippen molar-refractivity contribution in [3.8, 4) is 0 Å². The molecular weight excluding hydrogens is 212 g/mol. The van der Waals surface area contributed by atoms with Crippen LogP contribution in [0.4, 0.5) is 0 Å². The van der Waals surface area contributed by atoms with Gasteiger partial charge in [-0.2, -0.15) is 0 Å². The standard InChI is InChI=1S/C14H26N2O/c1-4-6-11-9-13(11)16-8-5-7-12(14(16)17)15-10(2)3/h10-13,15H,4-9H2,1-3H3. The predicted octanol–water partition coefficient (Wildman–Crippen LogP) is 2.16. The highest BCUT2D eigenvalue weighted by atomic mass is 16.2. The van der Waals surface area contributed by atoms with Crippen molar-refractivity contribution in [1.82, 2.24) is 10.2 Å². The maximum absolute atomic E-state index is 12.4. The van der Waals surface area contributed by atoms with E-state index in [1.165, 1.54) is 19.3 Å². The van der Waals surface area contributed by atoms with Crippen molar-refractivity contribution in [1.29, 1.82) is 0 Å². The van der Waals surface area contributed by atoms with Crippen LogP contribution in [0.15, 0.2) is 0 Å². The first-order valence-electron chi connectivity index (χ1n) is 7.20. The predicted molar refractivity (Wildman–Crippen MR) is 69.8 cm³/mol. The molecule has 1 aliphatic heterocycles. The van der Waals surface area contributed by atoms with Gasteiger partial charge in [0, 0.05) is 18.6 Å². The summed E-state index contributed by atoms with van der Waals surface area (Å²) in [6, 6.07) is 1.04. The summed E-state index contributed by atoms with van der Waals surface area (Å²) < 4.78 is 0. The van der Waals surface area contributed by atoms with Crippen molar-refractivity contribution in [3.05, 3.63) is 0 Å². The molecule has 98 valence electrons. The summed E-state index contributed by atoms with van der Waals surface area (Å²) in [4.78, 5) is 14.5. The number of likely N-dealkylation sites (tertiary alicyclic amines) is 1. The Kier molecular flexibility index (Phi) is 4.08. The lowest BCUT2D eigenvalue weighted by atomic mass is 10.0. The average Bonchev–Trinajstić information content (AvgIpc) is 3.00. The third kappa shape index (κ3) is 3.01. The second kappa shape index (κ2) is 5.38. The summed E-state index contributed by atoms with van der Waals surface area (Å²) in [6.07, 6.45) is 5.95. The molecule has 1 amide bonds. The van der Waals surface area contributed by atoms with Gasteiger partial charge in [-0.25, -0.2) is 0 Å². The molecule has 0 aromatic heterocycles. The molecule has 1 saturated heterocycles. The summed E-state index contributed by atoms with van der Waals surface area (Å²) in [5.41, 5.74) is 0. The maximum Gasteiger partial charge on any atom is 0.239 e. The van der Waals surface area contributed by atoms with Crippen molar-refractivity contribution < 1.29 is 4.79 Å². The van der Waals surface area contributed by atoms with Crippen LogP contribution in [0.5, 0.6) is 0 Å². The van der Waals surface area contributed by atoms with Gasteiger partial charge in [0.2, 0.25) is 5.91 Å². The van der Waals surface area contributed by atoms with Gasteiger partial charge in [0.15, 0.2) is 0 Å². The molecule has 0 spiro atoms. The lowest BCUT2D eigenvalue weighted by molar-refractivity contribution is -0.137. The molecule has 3 nitrogen and oxygen atoms in total. The van der Waals surface area contributed by atoms with Gasteiger partial charge in [-0.05, 0) is 31.6 Å². The molecule has 1 N–H and O–H groups in total. The SMILES string of the molecule is CCCC1CC1N1CCCC(NC(C)C)C1=O. The van der Waals surface area contributed by atoms with Gasteiger partial charge in [-0.1, -0.05) is 27.2 Å². The number of piperidine rings is 1. The third-order valence-corrected chi connectivity index (χ3v) is 3.95. The Morgan fingerprint density at radius 3 is 2.88 bits per heavy atom. The fourth-order valence-electron chi connectivity index (χ4n) is 3.08. The van der Waals surface area contributed by atoms with Gasteiger partial charge in [0.1, 0.15) is 0 Å². The molecule has 17 heavy (non-hydrogen) atoms. The van der Waals surface area contributed by atoms with Crippen molar-refractivity contribution in [2.45, 2.75) is 71.0 Å². The van der Waals surface area contributed by atoms with Crippen LogP contribution in [-0.2, 0) is 4.79 Å². The Labute approximate surface area is 105 Å². The number of carbonyl (C=O) groups is 1. The largest absolute Gasteiger partial charge is 0.338 e. The Morgan fingerprint density at radius 2 is 2.24 bits per heavy atom. The number of nitrogens with zero attached hydrogens (tertiary/aromatic N) is 1. The highest BCUT2D eigenvalue weighted by Crippen LogP contribution is 2.40. The molecule has 2 rings (SSSR count). The molecule has 3 heteroatoms. The molecular formula is C14H26N2O. The first kappa shape index (κ1) is 12.9. The monoisotopic (exact) mass is 238 g/mol. The second-order valence-electron chi connectivity index (χ2n) is 5.90. The van der Waals surface area contributed by atoms with E-state index in [4.69, 9.17) is 0 Å². The molecule has 3 unspecified atom stereocenters. The number of hydrogen-bond donors (Lipinski definition) is 1. The number of carbonyl (C=O) groups excluding carboxylic acids is 1. The number of hydrogen-bond acceptors (Lipinski definition) is 2. The van der Waals surface area contributed by atoms with Crippen LogP contribution < -0.4 is 5.32 Å². The summed E-state index contributed by atoms with van der Waals surface area (Å²) in [6.45, 7) is 7.45. The van der Waals surface area contributed by atoms with E-state index >= 15 is 0 Å². The molecule has 0 aromatic carbocycles. The molecule has 3 atom stereocenters. The molecule has 0 aromatic rings. The van der Waals surface area contributed by atoms with Gasteiger partial charge in [0.05, 0.1) is 6.04 Å². The van der Waals surface area contributed by atoms with Gasteiger partial charge in [0.25, 0.3) is 0 Å². The van der Waals surface area contributed by atoms with Crippen LogP contribution >= 0.6 is 0 Å². The van der Waals surface area contributed by atoms with Gasteiger partial charge >= 0.3 is 0 Å². The molecule has 2 fully saturated rings. The van der Waals surface area contributed by atoms with Crippen molar-refractivity contribution in [3.63, 3.8) is 0 Å². The van der Waals surface area contributed by atoms with Gasteiger partial charge in [-0.3, -0.25) is 4.79 Å². The molecule has 0 bridgehead atoms. The fourth-order valence-corrected chi connectivity index (χ4v) is 3.08. The van der Waals surface area contributed by atoms with Crippen LogP contribution in [0.1, 0.15) is 52.9 Å². The summed E-state index contributed by atoms with van der Waals surface area (Å²) >= 11 is 0. The summed E-state index contributed by atoms with van der Waals surface area (Å²) in [5, 5.41) is 3.40. The lowest BCUT2D eigenvalue weighted by Gasteiger charge is -2.34. The second-order valence-corrected chi connectivity index (χ2v) is 5.90. The Bertz CT molecular complexity index is 277. The van der Waals surface area contributed by atoms with E-state index in [0.29, 0.717) is 18.0 Å². The van der Waals surface area contributed by atoms with E-state index in [0.717, 1.165) is 25.3 Å². The molecule has 1 saturated carbocycles. The lowest BCUT2D eigenvalue weighted by Crippen LogP contribution is -2.53. The molecule has 1 aliphatic carbocycles. The van der Waals surface area contributed by atoms with Crippen LogP contribution in [0.2, 0.25) is 0 Å². The minimum atomic E-state index is 0.0756. The molecule has 2 aliphatic rings. The Morgan fingerprint density at radius 1 is 1.47 bits per heavy atom. The van der Waals surface area contributed by atoms with E-state index in [1.807, 2.05) is 0 Å². The van der Waals surface area contributed by atoms with Crippen LogP contribution in [-0.4, -0.2) is 35.5 Å². The van der Waals surface area contributed by atoms with E-state index < -0.39 is 0 Å². The van der Waals surface area contributed by atoms with Crippen molar-refractivity contribution >= 4 is 5.91 Å². The normalized spacial score (nSPS) is 33.3. The first-order valence-corrected chi connectivity index (χ1v) is 7.20. The topological polar surface area (TPSA) is 32.3 Å². The van der Waals surface area contributed by atoms with E-state index in [-0.39, 0.29) is 6.04 Å².